The molecule has 0 spiro atoms. The van der Waals surface area contributed by atoms with Crippen molar-refractivity contribution in [2.45, 2.75) is 113 Å². The number of allylic oxidation sites excluding steroid dienone is 8. The van der Waals surface area contributed by atoms with Gasteiger partial charge in [0.25, 0.3) is 0 Å². The Morgan fingerprint density at radius 3 is 1.45 bits per heavy atom. The molecular weight excluding hydrogens is 1070 g/mol. The Balaban J connectivity index is 0.000000163. The topological polar surface area (TPSA) is 154 Å². The number of carbonyl (C=O) groups excluding carboxylic acids is 3. The summed E-state index contributed by atoms with van der Waals surface area (Å²) in [7, 11) is 0. The Morgan fingerprint density at radius 1 is 0.667 bits per heavy atom. The molecule has 18 atom stereocenters. The van der Waals surface area contributed by atoms with Gasteiger partial charge in [-0.1, -0.05) is 90.1 Å². The van der Waals surface area contributed by atoms with Crippen molar-refractivity contribution in [2.24, 2.45) is 57.2 Å². The third-order valence-electron chi connectivity index (χ3n) is 20.1. The number of aliphatic hydroxyl groups excluding tert-OH is 2. The molecule has 0 bridgehead atoms. The molecule has 0 unspecified atom stereocenters. The molecule has 11 nitrogen and oxygen atoms in total. The van der Waals surface area contributed by atoms with Crippen molar-refractivity contribution in [1.82, 2.24) is 0 Å². The zero-order valence-electron chi connectivity index (χ0n) is 41.8. The molecular formula is C56H61BrF6N2O9S. The van der Waals surface area contributed by atoms with Crippen molar-refractivity contribution in [3.8, 4) is 0 Å². The van der Waals surface area contributed by atoms with Crippen LogP contribution in [0, 0.1) is 57.2 Å². The zero-order valence-corrected chi connectivity index (χ0v) is 44.2. The van der Waals surface area contributed by atoms with Gasteiger partial charge in [-0.2, -0.15) is 0 Å². The van der Waals surface area contributed by atoms with Gasteiger partial charge < -0.3 is 15.3 Å². The lowest BCUT2D eigenvalue weighted by Crippen LogP contribution is -2.70. The molecule has 2 saturated heterocycles. The highest BCUT2D eigenvalue weighted by atomic mass is 79.9. The highest BCUT2D eigenvalue weighted by Gasteiger charge is 2.82. The van der Waals surface area contributed by atoms with Crippen LogP contribution in [0.15, 0.2) is 108 Å². The number of aliphatic hydroxyl groups is 2. The number of fused-ring (bicyclic) bond motifs is 14. The summed E-state index contributed by atoms with van der Waals surface area (Å²) in [6.45, 7) is 7.31. The first-order valence-corrected chi connectivity index (χ1v) is 27.6. The van der Waals surface area contributed by atoms with Gasteiger partial charge in [0.05, 0.1) is 36.7 Å². The number of nitrogens with zero attached hydrogens (tertiary/aromatic N) is 2. The zero-order chi connectivity index (χ0) is 54.1. The van der Waals surface area contributed by atoms with E-state index in [0.29, 0.717) is 37.7 Å². The smallest absolute Gasteiger partial charge is 0.339 e. The number of para-hydroxylation sites is 2. The molecule has 10 aliphatic rings. The largest absolute Gasteiger partial charge is 0.479 e. The normalized spacial score (nSPS) is 45.4. The quantitative estimate of drug-likeness (QED) is 0.193. The molecule has 19 heteroatoms. The van der Waals surface area contributed by atoms with Crippen molar-refractivity contribution in [3.63, 3.8) is 0 Å². The van der Waals surface area contributed by atoms with E-state index in [1.165, 1.54) is 24.3 Å². The van der Waals surface area contributed by atoms with E-state index < -0.39 is 138 Å². The fourth-order valence-corrected chi connectivity index (χ4v) is 17.6. The van der Waals surface area contributed by atoms with Crippen molar-refractivity contribution < 1.29 is 70.5 Å². The van der Waals surface area contributed by atoms with Gasteiger partial charge in [0, 0.05) is 45.3 Å². The first-order chi connectivity index (χ1) is 35.4. The molecule has 3 N–H and O–H groups in total. The maximum atomic E-state index is 17.4. The lowest BCUT2D eigenvalue weighted by atomic mass is 9.44. The number of anilines is 2. The van der Waals surface area contributed by atoms with Crippen molar-refractivity contribution >= 4 is 61.7 Å². The summed E-state index contributed by atoms with van der Waals surface area (Å²) >= 11 is 3.01. The molecule has 0 radical (unpaired) electrons. The van der Waals surface area contributed by atoms with Crippen LogP contribution in [0.5, 0.6) is 0 Å². The number of rotatable bonds is 5. The highest BCUT2D eigenvalue weighted by molar-refractivity contribution is 9.09. The molecule has 404 valence electrons. The lowest BCUT2D eigenvalue weighted by molar-refractivity contribution is -0.233. The lowest BCUT2D eigenvalue weighted by Gasteiger charge is -2.63. The number of ketones is 2. The second-order valence-electron chi connectivity index (χ2n) is 23.0. The molecule has 8 aliphatic carbocycles. The predicted molar refractivity (Wildman–Crippen MR) is 271 cm³/mol. The van der Waals surface area contributed by atoms with E-state index >= 15 is 17.6 Å². The van der Waals surface area contributed by atoms with E-state index in [2.05, 4.69) is 15.9 Å². The van der Waals surface area contributed by atoms with Crippen LogP contribution in [0.3, 0.4) is 0 Å². The maximum absolute atomic E-state index is 17.4. The summed E-state index contributed by atoms with van der Waals surface area (Å²) < 4.78 is 89.6. The third-order valence-corrected chi connectivity index (χ3v) is 20.8. The van der Waals surface area contributed by atoms with Crippen LogP contribution in [0.2, 0.25) is 0 Å². The van der Waals surface area contributed by atoms with Gasteiger partial charge in [-0.3, -0.25) is 34.2 Å². The number of alkyl halides is 7. The molecule has 75 heavy (non-hydrogen) atoms. The summed E-state index contributed by atoms with van der Waals surface area (Å²) in [6, 6.07) is 17.5. The van der Waals surface area contributed by atoms with Crippen molar-refractivity contribution in [1.29, 1.82) is 0 Å². The Labute approximate surface area is 443 Å². The molecule has 12 rings (SSSR count). The van der Waals surface area contributed by atoms with Crippen LogP contribution in [-0.4, -0.2) is 110 Å². The number of carboxylic acid groups (broad SMARTS) is 1. The Kier molecular flexibility index (Phi) is 13.5. The Morgan fingerprint density at radius 2 is 1.05 bits per heavy atom. The second kappa shape index (κ2) is 18.7. The van der Waals surface area contributed by atoms with Crippen LogP contribution in [-0.2, 0) is 28.9 Å². The minimum atomic E-state index is -2.24. The molecule has 0 aromatic heterocycles. The van der Waals surface area contributed by atoms with E-state index in [4.69, 9.17) is 9.68 Å². The van der Waals surface area contributed by atoms with Gasteiger partial charge >= 0.3 is 5.97 Å². The molecule has 2 aromatic rings. The van der Waals surface area contributed by atoms with Crippen LogP contribution < -0.4 is 10.1 Å². The summed E-state index contributed by atoms with van der Waals surface area (Å²) in [4.78, 5) is 63.4. The first-order valence-electron chi connectivity index (χ1n) is 25.5. The van der Waals surface area contributed by atoms with Gasteiger partial charge in [0.2, 0.25) is 10.7 Å². The SMILES string of the molecule is C[C@]12C=CC(=O)C=C1[C@@H](F)C[C@H]1[C@@H]3C[C@H]4CN(c5ccccc5)O[C@@]4(C(=O)O)[C@@]3(C)C[C@H](O)[C@@]12F.C[C@]12C=CC(=O)C=C1[C@@H](F)C[C@H]1[C@@H]3C[C@H]4CN(c5ccccc5)O[C@@]4(C(=O)SCF)[C@@]3(C)C[C@H](O)[C@@]12F.FCBr. The summed E-state index contributed by atoms with van der Waals surface area (Å²) in [6.07, 6.45) is 1.45. The minimum absolute atomic E-state index is 0.0593. The molecule has 8 fully saturated rings. The van der Waals surface area contributed by atoms with E-state index in [1.807, 2.05) is 67.6 Å². The van der Waals surface area contributed by atoms with Crippen LogP contribution in [0.1, 0.15) is 66.2 Å². The Bertz CT molecular complexity index is 2780. The molecule has 2 heterocycles. The summed E-state index contributed by atoms with van der Waals surface area (Å²) in [5, 5.41) is 36.3. The van der Waals surface area contributed by atoms with Gasteiger partial charge in [0.15, 0.2) is 28.5 Å². The molecule has 0 amide bonds. The van der Waals surface area contributed by atoms with E-state index in [1.54, 1.807) is 30.9 Å². The Hall–Kier alpha value is -4.27. The third kappa shape index (κ3) is 7.20. The molecule has 2 aromatic carbocycles. The number of hydroxylamine groups is 2. The number of halogens is 7. The van der Waals surface area contributed by atoms with E-state index in [9.17, 15) is 43.3 Å². The van der Waals surface area contributed by atoms with E-state index in [-0.39, 0.29) is 36.8 Å². The van der Waals surface area contributed by atoms with Crippen molar-refractivity contribution in [2.75, 3.05) is 34.8 Å². The number of hydrogen-bond acceptors (Lipinski definition) is 11. The number of aliphatic carboxylic acids is 1. The number of benzene rings is 2. The fourth-order valence-electron chi connectivity index (χ4n) is 16.9. The number of thioether (sulfide) groups is 1. The average Bonchev–Trinajstić information content (AvgIpc) is 4.24. The van der Waals surface area contributed by atoms with Gasteiger partial charge in [-0.25, -0.2) is 31.1 Å². The fraction of sp³-hybridized carbons (Fsp3) is 0.571. The summed E-state index contributed by atoms with van der Waals surface area (Å²) in [5.74, 6) is -5.65. The maximum Gasteiger partial charge on any atom is 0.339 e. The van der Waals surface area contributed by atoms with Gasteiger partial charge in [-0.05, 0) is 124 Å². The van der Waals surface area contributed by atoms with Gasteiger partial charge in [0.1, 0.15) is 23.9 Å². The average molecular weight is 1130 g/mol. The number of carboxylic acids is 1. The number of carbonyl (C=O) groups is 4. The molecule has 2 aliphatic heterocycles. The minimum Gasteiger partial charge on any atom is -0.479 e. The van der Waals surface area contributed by atoms with Crippen LogP contribution in [0.25, 0.3) is 0 Å². The van der Waals surface area contributed by atoms with Crippen LogP contribution >= 0.6 is 27.7 Å². The summed E-state index contributed by atoms with van der Waals surface area (Å²) in [5.41, 5.74) is -11.7. The standard InChI is InChI=1S/C28H30F3NO4S.C27H29F2NO5.CH2BrF/c1-25-9-8-18(33)11-21(25)22(30)12-20-19-10-16-14-32(17-6-4-3-5-7-17)36-28(16,24(35)37-15-29)26(19,2)13-23(34)27(20,25)31;1-24-9-8-17(31)11-20(24)21(28)12-19-18-10-15-14-30(16-6-4-3-5-7-16)35-27(15,23(33)34)25(18,2)13-22(32)26(19,24)29;2-1-3/h3-9,11,16,19-20,22-23,34H,10,12-15H2,1-2H3;3-9,11,15,18-19,21-22,32H,10,12-14H2,1-2H3,(H,33,34);1H2/t16-,19-,20-,22-,23-,25-,26-,27-,28-;15-,18-,19-,21-,22-,24-,25-,26-,27-;/m00./s1. The molecule has 6 saturated carbocycles. The van der Waals surface area contributed by atoms with Gasteiger partial charge in [-0.15, -0.1) is 0 Å². The highest BCUT2D eigenvalue weighted by Crippen LogP contribution is 2.75. The predicted octanol–water partition coefficient (Wildman–Crippen LogP) is 10.0. The van der Waals surface area contributed by atoms with Crippen molar-refractivity contribution in [3.05, 3.63) is 108 Å². The monoisotopic (exact) mass is 1130 g/mol. The van der Waals surface area contributed by atoms with Crippen LogP contribution in [0.4, 0.5) is 37.7 Å². The number of hydrogen-bond donors (Lipinski definition) is 3. The second-order valence-corrected chi connectivity index (χ2v) is 24.3. The first kappa shape index (κ1) is 54.1. The van der Waals surface area contributed by atoms with E-state index in [0.717, 1.165) is 23.5 Å².